The van der Waals surface area contributed by atoms with Gasteiger partial charge in [-0.05, 0) is 25.1 Å². The molecule has 0 fully saturated rings. The summed E-state index contributed by atoms with van der Waals surface area (Å²) in [7, 11) is 1.42. The maximum atomic E-state index is 11.9. The molecule has 2 N–H and O–H groups in total. The van der Waals surface area contributed by atoms with Crippen LogP contribution in [0.3, 0.4) is 0 Å². The second-order valence-electron chi connectivity index (χ2n) is 4.45. The van der Waals surface area contributed by atoms with Gasteiger partial charge >= 0.3 is 0 Å². The van der Waals surface area contributed by atoms with Gasteiger partial charge in [-0.1, -0.05) is 16.8 Å². The van der Waals surface area contributed by atoms with Gasteiger partial charge in [0.1, 0.15) is 12.4 Å². The van der Waals surface area contributed by atoms with Crippen LogP contribution in [0.4, 0.5) is 11.4 Å². The van der Waals surface area contributed by atoms with E-state index >= 15 is 0 Å². The molecule has 0 bridgehead atoms. The Morgan fingerprint density at radius 3 is 2.68 bits per heavy atom. The minimum absolute atomic E-state index is 0.0691. The van der Waals surface area contributed by atoms with Crippen LogP contribution in [-0.2, 0) is 9.53 Å². The number of carbonyl (C=O) groups is 2. The molecule has 7 nitrogen and oxygen atoms in total. The van der Waals surface area contributed by atoms with Gasteiger partial charge in [0.15, 0.2) is 5.69 Å². The fourth-order valence-electron chi connectivity index (χ4n) is 1.68. The molecule has 0 saturated heterocycles. The Kier molecular flexibility index (Phi) is 5.13. The lowest BCUT2D eigenvalue weighted by atomic mass is 10.2. The summed E-state index contributed by atoms with van der Waals surface area (Å²) in [5.74, 6) is -0.192. The van der Waals surface area contributed by atoms with Crippen molar-refractivity contribution >= 4 is 34.8 Å². The molecule has 116 valence electrons. The number of hydrogen-bond donors (Lipinski definition) is 2. The molecule has 0 radical (unpaired) electrons. The smallest absolute Gasteiger partial charge is 0.277 e. The number of methoxy groups -OCH3 is 1. The van der Waals surface area contributed by atoms with Gasteiger partial charge in [0.2, 0.25) is 5.91 Å². The van der Waals surface area contributed by atoms with Crippen LogP contribution >= 0.6 is 11.6 Å². The summed E-state index contributed by atoms with van der Waals surface area (Å²) in [6.07, 6.45) is 0. The highest BCUT2D eigenvalue weighted by Gasteiger charge is 2.12. The quantitative estimate of drug-likeness (QED) is 0.881. The molecule has 0 aliphatic rings. The van der Waals surface area contributed by atoms with Crippen molar-refractivity contribution in [2.45, 2.75) is 6.92 Å². The van der Waals surface area contributed by atoms with Gasteiger partial charge in [-0.2, -0.15) is 0 Å². The monoisotopic (exact) mass is 323 g/mol. The molecule has 0 aliphatic heterocycles. The van der Waals surface area contributed by atoms with E-state index in [2.05, 4.69) is 15.8 Å². The zero-order valence-corrected chi connectivity index (χ0v) is 12.7. The normalized spacial score (nSPS) is 10.3. The highest BCUT2D eigenvalue weighted by Crippen LogP contribution is 2.25. The van der Waals surface area contributed by atoms with Crippen molar-refractivity contribution in [3.05, 3.63) is 40.7 Å². The summed E-state index contributed by atoms with van der Waals surface area (Å²) >= 11 is 6.07. The summed E-state index contributed by atoms with van der Waals surface area (Å²) < 4.78 is 9.55. The van der Waals surface area contributed by atoms with Crippen molar-refractivity contribution in [3.63, 3.8) is 0 Å². The lowest BCUT2D eigenvalue weighted by molar-refractivity contribution is -0.119. The van der Waals surface area contributed by atoms with Crippen molar-refractivity contribution < 1.29 is 18.8 Å². The van der Waals surface area contributed by atoms with Crippen molar-refractivity contribution in [3.8, 4) is 0 Å². The molecule has 0 atom stereocenters. The minimum atomic E-state index is -0.413. The fourth-order valence-corrected chi connectivity index (χ4v) is 1.91. The Bertz CT molecular complexity index is 699. The second kappa shape index (κ2) is 7.06. The van der Waals surface area contributed by atoms with E-state index in [9.17, 15) is 9.59 Å². The van der Waals surface area contributed by atoms with E-state index in [0.717, 1.165) is 0 Å². The summed E-state index contributed by atoms with van der Waals surface area (Å²) in [5, 5.41) is 9.14. The van der Waals surface area contributed by atoms with Crippen LogP contribution in [0.25, 0.3) is 0 Å². The third-order valence-electron chi connectivity index (χ3n) is 2.64. The number of nitrogens with one attached hydrogen (secondary N) is 2. The topological polar surface area (TPSA) is 93.5 Å². The highest BCUT2D eigenvalue weighted by atomic mass is 35.5. The summed E-state index contributed by atoms with van der Waals surface area (Å²) in [5.41, 5.74) is 1.07. The Morgan fingerprint density at radius 2 is 2.09 bits per heavy atom. The predicted octanol–water partition coefficient (Wildman–Crippen LogP) is 2.47. The minimum Gasteiger partial charge on any atom is -0.375 e. The van der Waals surface area contributed by atoms with Gasteiger partial charge in [0.05, 0.1) is 10.7 Å². The Hall–Kier alpha value is -2.38. The molecule has 1 heterocycles. The predicted molar refractivity (Wildman–Crippen MR) is 81.2 cm³/mol. The maximum absolute atomic E-state index is 11.9. The molecule has 22 heavy (non-hydrogen) atoms. The van der Waals surface area contributed by atoms with Crippen molar-refractivity contribution in [2.24, 2.45) is 0 Å². The molecule has 0 unspecified atom stereocenters. The number of halogens is 1. The number of anilines is 2. The first kappa shape index (κ1) is 16.0. The Morgan fingerprint density at radius 1 is 1.32 bits per heavy atom. The SMILES string of the molecule is COCC(=O)Nc1ccc(NC(=O)c2cc(C)on2)cc1Cl. The van der Waals surface area contributed by atoms with Crippen molar-refractivity contribution in [2.75, 3.05) is 24.4 Å². The number of aryl methyl sites for hydroxylation is 1. The molecule has 8 heteroatoms. The van der Waals surface area contributed by atoms with Gasteiger partial charge in [0, 0.05) is 18.9 Å². The summed E-state index contributed by atoms with van der Waals surface area (Å²) in [4.78, 5) is 23.4. The molecule has 0 aliphatic carbocycles. The molecule has 2 rings (SSSR count). The first-order valence-corrected chi connectivity index (χ1v) is 6.70. The first-order valence-electron chi connectivity index (χ1n) is 6.32. The lowest BCUT2D eigenvalue weighted by Gasteiger charge is -2.09. The van der Waals surface area contributed by atoms with Crippen LogP contribution < -0.4 is 10.6 Å². The first-order chi connectivity index (χ1) is 10.5. The fraction of sp³-hybridized carbons (Fsp3) is 0.214. The number of carbonyl (C=O) groups excluding carboxylic acids is 2. The van der Waals surface area contributed by atoms with Gasteiger partial charge in [-0.15, -0.1) is 0 Å². The average molecular weight is 324 g/mol. The van der Waals surface area contributed by atoms with Gasteiger partial charge in [0.25, 0.3) is 5.91 Å². The van der Waals surface area contributed by atoms with E-state index < -0.39 is 5.91 Å². The maximum Gasteiger partial charge on any atom is 0.277 e. The summed E-state index contributed by atoms with van der Waals surface area (Å²) in [6.45, 7) is 1.62. The van der Waals surface area contributed by atoms with E-state index in [1.54, 1.807) is 19.1 Å². The molecule has 2 aromatic rings. The average Bonchev–Trinajstić information content (AvgIpc) is 2.89. The van der Waals surface area contributed by atoms with Crippen LogP contribution in [0.15, 0.2) is 28.8 Å². The standard InChI is InChI=1S/C14H14ClN3O4/c1-8-5-12(18-22-8)14(20)16-9-3-4-11(10(15)6-9)17-13(19)7-21-2/h3-6H,7H2,1-2H3,(H,16,20)(H,17,19). The molecular formula is C14H14ClN3O4. The van der Waals surface area contributed by atoms with E-state index in [0.29, 0.717) is 22.2 Å². The molecule has 2 amide bonds. The van der Waals surface area contributed by atoms with Crippen LogP contribution in [0.1, 0.15) is 16.2 Å². The van der Waals surface area contributed by atoms with E-state index in [1.807, 2.05) is 0 Å². The van der Waals surface area contributed by atoms with Crippen LogP contribution in [0, 0.1) is 6.92 Å². The number of amides is 2. The molecule has 0 spiro atoms. The zero-order chi connectivity index (χ0) is 16.1. The number of nitrogens with zero attached hydrogens (tertiary/aromatic N) is 1. The van der Waals surface area contributed by atoms with Gasteiger partial charge < -0.3 is 19.9 Å². The Labute approximate surface area is 131 Å². The number of hydrogen-bond acceptors (Lipinski definition) is 5. The van der Waals surface area contributed by atoms with E-state index in [4.69, 9.17) is 20.9 Å². The van der Waals surface area contributed by atoms with E-state index in [1.165, 1.54) is 19.2 Å². The van der Waals surface area contributed by atoms with E-state index in [-0.39, 0.29) is 18.2 Å². The summed E-state index contributed by atoms with van der Waals surface area (Å²) in [6, 6.07) is 6.24. The second-order valence-corrected chi connectivity index (χ2v) is 4.86. The number of benzene rings is 1. The van der Waals surface area contributed by atoms with Crippen molar-refractivity contribution in [1.29, 1.82) is 0 Å². The van der Waals surface area contributed by atoms with Gasteiger partial charge in [-0.3, -0.25) is 9.59 Å². The zero-order valence-electron chi connectivity index (χ0n) is 12.0. The third kappa shape index (κ3) is 4.06. The van der Waals surface area contributed by atoms with Crippen LogP contribution in [0.2, 0.25) is 5.02 Å². The number of rotatable bonds is 5. The van der Waals surface area contributed by atoms with Crippen molar-refractivity contribution in [1.82, 2.24) is 5.16 Å². The highest BCUT2D eigenvalue weighted by molar-refractivity contribution is 6.34. The molecule has 1 aromatic heterocycles. The largest absolute Gasteiger partial charge is 0.375 e. The van der Waals surface area contributed by atoms with Crippen LogP contribution in [-0.4, -0.2) is 30.7 Å². The number of ether oxygens (including phenoxy) is 1. The molecular weight excluding hydrogens is 310 g/mol. The number of aromatic nitrogens is 1. The van der Waals surface area contributed by atoms with Crippen LogP contribution in [0.5, 0.6) is 0 Å². The third-order valence-corrected chi connectivity index (χ3v) is 2.95. The molecule has 0 saturated carbocycles. The molecule has 1 aromatic carbocycles. The van der Waals surface area contributed by atoms with Gasteiger partial charge in [-0.25, -0.2) is 0 Å². The Balaban J connectivity index is 2.06. The lowest BCUT2D eigenvalue weighted by Crippen LogP contribution is -2.17.